The van der Waals surface area contributed by atoms with E-state index in [0.29, 0.717) is 11.6 Å². The fourth-order valence-corrected chi connectivity index (χ4v) is 6.10. The molecule has 0 unspecified atom stereocenters. The van der Waals surface area contributed by atoms with E-state index in [0.717, 1.165) is 27.2 Å². The number of nitrogens with zero attached hydrogens (tertiary/aromatic N) is 2. The molecule has 11 heteroatoms. The molecule has 3 aromatic carbocycles. The van der Waals surface area contributed by atoms with Gasteiger partial charge in [0.2, 0.25) is 11.8 Å². The summed E-state index contributed by atoms with van der Waals surface area (Å²) in [5.74, 6) is -0.891. The van der Waals surface area contributed by atoms with Crippen LogP contribution in [-0.2, 0) is 26.2 Å². The molecule has 1 atom stereocenters. The molecule has 0 heterocycles. The summed E-state index contributed by atoms with van der Waals surface area (Å²) in [6.45, 7) is 3.64. The maximum absolute atomic E-state index is 13.9. The number of unbranched alkanes of at least 4 members (excludes halogenated alkanes) is 1. The van der Waals surface area contributed by atoms with Crippen LogP contribution in [0.4, 0.5) is 5.69 Å². The van der Waals surface area contributed by atoms with Crippen LogP contribution in [0.25, 0.3) is 0 Å². The van der Waals surface area contributed by atoms with Crippen molar-refractivity contribution in [2.75, 3.05) is 17.4 Å². The van der Waals surface area contributed by atoms with E-state index in [1.54, 1.807) is 25.1 Å². The summed E-state index contributed by atoms with van der Waals surface area (Å²) < 4.78 is 29.4. The first-order chi connectivity index (χ1) is 18.5. The van der Waals surface area contributed by atoms with Gasteiger partial charge < -0.3 is 10.2 Å². The molecule has 2 amide bonds. The van der Waals surface area contributed by atoms with Crippen molar-refractivity contribution in [1.82, 2.24) is 10.2 Å². The molecule has 7 nitrogen and oxygen atoms in total. The van der Waals surface area contributed by atoms with E-state index in [4.69, 9.17) is 23.2 Å². The van der Waals surface area contributed by atoms with E-state index < -0.39 is 28.5 Å². The number of nitrogens with one attached hydrogen (secondary N) is 1. The molecule has 0 fully saturated rings. The maximum Gasteiger partial charge on any atom is 0.264 e. The lowest BCUT2D eigenvalue weighted by atomic mass is 10.1. The average Bonchev–Trinajstić information content (AvgIpc) is 2.91. The van der Waals surface area contributed by atoms with Crippen molar-refractivity contribution in [2.45, 2.75) is 44.2 Å². The Morgan fingerprint density at radius 1 is 1.00 bits per heavy atom. The van der Waals surface area contributed by atoms with Gasteiger partial charge in [-0.05, 0) is 61.4 Å². The van der Waals surface area contributed by atoms with Crippen molar-refractivity contribution in [2.24, 2.45) is 0 Å². The lowest BCUT2D eigenvalue weighted by Gasteiger charge is -2.32. The Morgan fingerprint density at radius 3 is 2.28 bits per heavy atom. The van der Waals surface area contributed by atoms with E-state index in [2.05, 4.69) is 21.2 Å². The third kappa shape index (κ3) is 8.20. The van der Waals surface area contributed by atoms with Crippen LogP contribution < -0.4 is 9.62 Å². The number of hydrogen-bond acceptors (Lipinski definition) is 4. The van der Waals surface area contributed by atoms with Crippen molar-refractivity contribution in [3.63, 3.8) is 0 Å². The quantitative estimate of drug-likeness (QED) is 0.233. The molecule has 0 aliphatic heterocycles. The lowest BCUT2D eigenvalue weighted by molar-refractivity contribution is -0.139. The molecule has 1 N–H and O–H groups in total. The number of hydrogen-bond donors (Lipinski definition) is 1. The Kier molecular flexibility index (Phi) is 11.2. The van der Waals surface area contributed by atoms with Crippen molar-refractivity contribution < 1.29 is 18.0 Å². The largest absolute Gasteiger partial charge is 0.354 e. The molecular weight excluding hydrogens is 625 g/mol. The molecule has 0 saturated heterocycles. The van der Waals surface area contributed by atoms with Gasteiger partial charge >= 0.3 is 0 Å². The highest BCUT2D eigenvalue weighted by Crippen LogP contribution is 2.33. The average molecular weight is 655 g/mol. The summed E-state index contributed by atoms with van der Waals surface area (Å²) in [4.78, 5) is 28.3. The molecule has 0 aliphatic rings. The number of halogens is 3. The molecule has 208 valence electrons. The number of rotatable bonds is 12. The fraction of sp³-hybridized carbons (Fsp3) is 0.286. The number of anilines is 1. The Labute approximate surface area is 248 Å². The first kappa shape index (κ1) is 30.9. The van der Waals surface area contributed by atoms with Crippen molar-refractivity contribution in [1.29, 1.82) is 0 Å². The lowest BCUT2D eigenvalue weighted by Crippen LogP contribution is -2.51. The van der Waals surface area contributed by atoms with Crippen molar-refractivity contribution in [3.8, 4) is 0 Å². The van der Waals surface area contributed by atoms with E-state index >= 15 is 0 Å². The summed E-state index contributed by atoms with van der Waals surface area (Å²) >= 11 is 15.9. The van der Waals surface area contributed by atoms with Gasteiger partial charge in [0.25, 0.3) is 10.0 Å². The van der Waals surface area contributed by atoms with Gasteiger partial charge in [0.1, 0.15) is 12.6 Å². The van der Waals surface area contributed by atoms with Crippen LogP contribution in [-0.4, -0.2) is 44.3 Å². The number of benzene rings is 3. The van der Waals surface area contributed by atoms with Crippen molar-refractivity contribution in [3.05, 3.63) is 92.9 Å². The minimum Gasteiger partial charge on any atom is -0.354 e. The number of amides is 2. The van der Waals surface area contributed by atoms with Gasteiger partial charge in [-0.25, -0.2) is 8.42 Å². The van der Waals surface area contributed by atoms with E-state index in [1.807, 2.05) is 31.2 Å². The molecule has 3 aromatic rings. The maximum atomic E-state index is 13.9. The number of carbonyl (C=O) groups is 2. The van der Waals surface area contributed by atoms with Gasteiger partial charge in [-0.2, -0.15) is 0 Å². The van der Waals surface area contributed by atoms with Crippen LogP contribution in [0.2, 0.25) is 10.0 Å². The zero-order chi connectivity index (χ0) is 28.6. The number of carbonyl (C=O) groups excluding carboxylic acids is 2. The predicted octanol–water partition coefficient (Wildman–Crippen LogP) is 6.28. The summed E-state index contributed by atoms with van der Waals surface area (Å²) in [7, 11) is -4.21. The monoisotopic (exact) mass is 653 g/mol. The van der Waals surface area contributed by atoms with E-state index in [9.17, 15) is 18.0 Å². The third-order valence-corrected chi connectivity index (χ3v) is 8.89. The molecule has 0 aliphatic carbocycles. The highest BCUT2D eigenvalue weighted by molar-refractivity contribution is 9.10. The van der Waals surface area contributed by atoms with Gasteiger partial charge in [0.15, 0.2) is 0 Å². The summed E-state index contributed by atoms with van der Waals surface area (Å²) in [6.07, 6.45) is 1.71. The van der Waals surface area contributed by atoms with Crippen LogP contribution >= 0.6 is 39.1 Å². The summed E-state index contributed by atoms with van der Waals surface area (Å²) in [5, 5.41) is 3.25. The Bertz CT molecular complexity index is 1390. The molecule has 0 bridgehead atoms. The topological polar surface area (TPSA) is 86.8 Å². The smallest absolute Gasteiger partial charge is 0.264 e. The Hall–Kier alpha value is -2.59. The zero-order valence-corrected chi connectivity index (χ0v) is 25.5. The van der Waals surface area contributed by atoms with Crippen LogP contribution in [0.3, 0.4) is 0 Å². The minimum atomic E-state index is -4.21. The van der Waals surface area contributed by atoms with Crippen molar-refractivity contribution >= 4 is 66.7 Å². The van der Waals surface area contributed by atoms with Crippen LogP contribution in [0, 0.1) is 0 Å². The first-order valence-corrected chi connectivity index (χ1v) is 15.4. The highest BCUT2D eigenvalue weighted by atomic mass is 79.9. The first-order valence-electron chi connectivity index (χ1n) is 12.4. The minimum absolute atomic E-state index is 0.00590. The molecule has 0 spiro atoms. The second-order valence-electron chi connectivity index (χ2n) is 8.89. The van der Waals surface area contributed by atoms with Crippen LogP contribution in [0.1, 0.15) is 32.3 Å². The SMILES string of the molecule is CCCCNC(=O)[C@@H](C)N(Cc1ccc(Br)cc1)C(=O)CN(c1ccc(Cl)cc1Cl)S(=O)(=O)c1ccccc1. The molecule has 3 rings (SSSR count). The fourth-order valence-electron chi connectivity index (χ4n) is 3.82. The van der Waals surface area contributed by atoms with Gasteiger partial charge in [-0.3, -0.25) is 13.9 Å². The van der Waals surface area contributed by atoms with Gasteiger partial charge in [0.05, 0.1) is 15.6 Å². The highest BCUT2D eigenvalue weighted by Gasteiger charge is 2.33. The summed E-state index contributed by atoms with van der Waals surface area (Å²) in [5.41, 5.74) is 0.878. The Balaban J connectivity index is 2.01. The molecule has 0 aromatic heterocycles. The van der Waals surface area contributed by atoms with Crippen LogP contribution in [0.5, 0.6) is 0 Å². The number of sulfonamides is 1. The molecule has 0 radical (unpaired) electrons. The zero-order valence-electron chi connectivity index (χ0n) is 21.6. The second-order valence-corrected chi connectivity index (χ2v) is 12.5. The van der Waals surface area contributed by atoms with E-state index in [-0.39, 0.29) is 28.1 Å². The molecule has 0 saturated carbocycles. The second kappa shape index (κ2) is 14.2. The standard InChI is InChI=1S/C28H30BrCl2N3O4S/c1-3-4-16-32-28(36)20(2)33(18-21-10-12-22(29)13-11-21)27(35)19-34(26-15-14-23(30)17-25(26)31)39(37,38)24-8-6-5-7-9-24/h5-15,17,20H,3-4,16,18-19H2,1-2H3,(H,32,36)/t20-/m1/s1. The Morgan fingerprint density at radius 2 is 1.67 bits per heavy atom. The van der Waals surface area contributed by atoms with Gasteiger partial charge in [-0.15, -0.1) is 0 Å². The van der Waals surface area contributed by atoms with Crippen LogP contribution in [0.15, 0.2) is 82.2 Å². The predicted molar refractivity (Wildman–Crippen MR) is 160 cm³/mol. The van der Waals surface area contributed by atoms with E-state index in [1.165, 1.54) is 35.2 Å². The van der Waals surface area contributed by atoms with Gasteiger partial charge in [0, 0.05) is 22.6 Å². The summed E-state index contributed by atoms with van der Waals surface area (Å²) in [6, 6.07) is 18.6. The third-order valence-electron chi connectivity index (χ3n) is 6.05. The normalized spacial score (nSPS) is 12.0. The molecule has 39 heavy (non-hydrogen) atoms. The molecular formula is C28H30BrCl2N3O4S. The van der Waals surface area contributed by atoms with Gasteiger partial charge in [-0.1, -0.05) is 82.8 Å².